The van der Waals surface area contributed by atoms with Crippen molar-refractivity contribution in [1.29, 1.82) is 0 Å². The van der Waals surface area contributed by atoms with E-state index in [9.17, 15) is 0 Å². The Morgan fingerprint density at radius 1 is 1.47 bits per heavy atom. The molecule has 0 aliphatic heterocycles. The molecule has 0 saturated carbocycles. The molecule has 0 saturated heterocycles. The molecule has 0 bridgehead atoms. The number of benzene rings is 1. The molecule has 0 amide bonds. The highest BCUT2D eigenvalue weighted by Crippen LogP contribution is 2.18. The largest absolute Gasteiger partial charge is 0.383 e. The van der Waals surface area contributed by atoms with Crippen LogP contribution in [0.3, 0.4) is 0 Å². The van der Waals surface area contributed by atoms with E-state index in [0.29, 0.717) is 25.0 Å². The van der Waals surface area contributed by atoms with Gasteiger partial charge in [-0.1, -0.05) is 26.0 Å². The van der Waals surface area contributed by atoms with E-state index in [0.717, 1.165) is 5.69 Å². The standard InChI is InChI=1S/C13H21N3O/c1-10(2)11-5-4-6-12(9-11)16-13(14)15-7-8-17-3/h4-6,9-10H,7-8H2,1-3H3,(H3,14,15,16). The predicted molar refractivity (Wildman–Crippen MR) is 72.5 cm³/mol. The second kappa shape index (κ2) is 6.91. The van der Waals surface area contributed by atoms with Crippen LogP contribution in [0.4, 0.5) is 5.69 Å². The smallest absolute Gasteiger partial charge is 0.193 e. The van der Waals surface area contributed by atoms with Crippen molar-refractivity contribution in [2.45, 2.75) is 19.8 Å². The first-order valence-corrected chi connectivity index (χ1v) is 5.79. The van der Waals surface area contributed by atoms with Crippen LogP contribution in [-0.2, 0) is 4.74 Å². The van der Waals surface area contributed by atoms with Crippen LogP contribution in [0.5, 0.6) is 0 Å². The van der Waals surface area contributed by atoms with Crippen molar-refractivity contribution in [3.8, 4) is 0 Å². The lowest BCUT2D eigenvalue weighted by Gasteiger charge is -2.09. The SMILES string of the molecule is COCCN=C(N)Nc1cccc(C(C)C)c1. The quantitative estimate of drug-likeness (QED) is 0.467. The van der Waals surface area contributed by atoms with E-state index in [1.165, 1.54) is 5.56 Å². The maximum Gasteiger partial charge on any atom is 0.193 e. The molecule has 94 valence electrons. The van der Waals surface area contributed by atoms with Gasteiger partial charge < -0.3 is 15.8 Å². The first-order valence-electron chi connectivity index (χ1n) is 5.79. The highest BCUT2D eigenvalue weighted by Gasteiger charge is 2.00. The lowest BCUT2D eigenvalue weighted by Crippen LogP contribution is -2.23. The van der Waals surface area contributed by atoms with Gasteiger partial charge >= 0.3 is 0 Å². The third kappa shape index (κ3) is 4.87. The normalized spacial score (nSPS) is 11.9. The minimum absolute atomic E-state index is 0.419. The molecule has 1 aromatic carbocycles. The highest BCUT2D eigenvalue weighted by molar-refractivity contribution is 5.92. The molecule has 0 aromatic heterocycles. The van der Waals surface area contributed by atoms with Crippen LogP contribution >= 0.6 is 0 Å². The molecule has 0 heterocycles. The molecule has 0 aliphatic rings. The zero-order valence-corrected chi connectivity index (χ0v) is 10.7. The zero-order valence-electron chi connectivity index (χ0n) is 10.7. The number of nitrogens with zero attached hydrogens (tertiary/aromatic N) is 1. The first kappa shape index (κ1) is 13.5. The van der Waals surface area contributed by atoms with Crippen LogP contribution < -0.4 is 11.1 Å². The lowest BCUT2D eigenvalue weighted by atomic mass is 10.0. The fraction of sp³-hybridized carbons (Fsp3) is 0.462. The van der Waals surface area contributed by atoms with Crippen molar-refractivity contribution >= 4 is 11.6 Å². The number of ether oxygens (including phenoxy) is 1. The van der Waals surface area contributed by atoms with Crippen molar-refractivity contribution in [3.63, 3.8) is 0 Å². The van der Waals surface area contributed by atoms with Crippen molar-refractivity contribution in [2.24, 2.45) is 10.7 Å². The number of hydrogen-bond acceptors (Lipinski definition) is 2. The Labute approximate surface area is 103 Å². The Morgan fingerprint density at radius 3 is 2.88 bits per heavy atom. The summed E-state index contributed by atoms with van der Waals surface area (Å²) in [4.78, 5) is 4.14. The summed E-state index contributed by atoms with van der Waals surface area (Å²) >= 11 is 0. The van der Waals surface area contributed by atoms with Gasteiger partial charge in [0.25, 0.3) is 0 Å². The Morgan fingerprint density at radius 2 is 2.24 bits per heavy atom. The fourth-order valence-corrected chi connectivity index (χ4v) is 1.42. The number of methoxy groups -OCH3 is 1. The average molecular weight is 235 g/mol. The van der Waals surface area contributed by atoms with Gasteiger partial charge in [0.05, 0.1) is 13.2 Å². The van der Waals surface area contributed by atoms with Gasteiger partial charge in [-0.2, -0.15) is 0 Å². The monoisotopic (exact) mass is 235 g/mol. The second-order valence-electron chi connectivity index (χ2n) is 4.16. The Balaban J connectivity index is 2.61. The number of nitrogens with one attached hydrogen (secondary N) is 1. The van der Waals surface area contributed by atoms with E-state index >= 15 is 0 Å². The molecule has 4 heteroatoms. The first-order chi connectivity index (χ1) is 8.13. The number of anilines is 1. The maximum absolute atomic E-state index is 5.76. The third-order valence-corrected chi connectivity index (χ3v) is 2.40. The number of nitrogens with two attached hydrogens (primary N) is 1. The molecule has 0 fully saturated rings. The molecular formula is C13H21N3O. The van der Waals surface area contributed by atoms with Gasteiger partial charge in [0.15, 0.2) is 5.96 Å². The fourth-order valence-electron chi connectivity index (χ4n) is 1.42. The van der Waals surface area contributed by atoms with Crippen LogP contribution in [0, 0.1) is 0 Å². The molecule has 1 rings (SSSR count). The summed E-state index contributed by atoms with van der Waals surface area (Å²) in [7, 11) is 1.64. The van der Waals surface area contributed by atoms with Gasteiger partial charge in [-0.3, -0.25) is 4.99 Å². The topological polar surface area (TPSA) is 59.6 Å². The van der Waals surface area contributed by atoms with Gasteiger partial charge in [0.1, 0.15) is 0 Å². The summed E-state index contributed by atoms with van der Waals surface area (Å²) in [6, 6.07) is 8.18. The van der Waals surface area contributed by atoms with Gasteiger partial charge in [0.2, 0.25) is 0 Å². The van der Waals surface area contributed by atoms with Crippen LogP contribution in [0.2, 0.25) is 0 Å². The molecule has 1 aromatic rings. The van der Waals surface area contributed by atoms with Crippen LogP contribution in [0.1, 0.15) is 25.3 Å². The van der Waals surface area contributed by atoms with E-state index in [-0.39, 0.29) is 0 Å². The molecule has 0 aliphatic carbocycles. The van der Waals surface area contributed by atoms with E-state index in [1.54, 1.807) is 7.11 Å². The molecule has 0 spiro atoms. The molecule has 0 radical (unpaired) electrons. The van der Waals surface area contributed by atoms with Crippen molar-refractivity contribution in [3.05, 3.63) is 29.8 Å². The Bertz CT molecular complexity index is 375. The summed E-state index contributed by atoms with van der Waals surface area (Å²) in [5, 5.41) is 3.07. The van der Waals surface area contributed by atoms with Crippen LogP contribution in [0.25, 0.3) is 0 Å². The minimum Gasteiger partial charge on any atom is -0.383 e. The van der Waals surface area contributed by atoms with Gasteiger partial charge in [-0.05, 0) is 23.6 Å². The van der Waals surface area contributed by atoms with E-state index in [4.69, 9.17) is 10.5 Å². The van der Waals surface area contributed by atoms with Gasteiger partial charge in [-0.15, -0.1) is 0 Å². The zero-order chi connectivity index (χ0) is 12.7. The van der Waals surface area contributed by atoms with E-state index in [1.807, 2.05) is 12.1 Å². The maximum atomic E-state index is 5.76. The highest BCUT2D eigenvalue weighted by atomic mass is 16.5. The summed E-state index contributed by atoms with van der Waals surface area (Å²) in [6.45, 7) is 5.47. The minimum atomic E-state index is 0.419. The summed E-state index contributed by atoms with van der Waals surface area (Å²) < 4.78 is 4.90. The van der Waals surface area contributed by atoms with Crippen molar-refractivity contribution in [2.75, 3.05) is 25.6 Å². The number of rotatable bonds is 5. The number of guanidine groups is 1. The molecular weight excluding hydrogens is 214 g/mol. The third-order valence-electron chi connectivity index (χ3n) is 2.40. The van der Waals surface area contributed by atoms with Gasteiger partial charge in [0, 0.05) is 12.8 Å². The van der Waals surface area contributed by atoms with Crippen LogP contribution in [0.15, 0.2) is 29.3 Å². The van der Waals surface area contributed by atoms with E-state index in [2.05, 4.69) is 36.3 Å². The van der Waals surface area contributed by atoms with Crippen molar-refractivity contribution in [1.82, 2.24) is 0 Å². The molecule has 17 heavy (non-hydrogen) atoms. The van der Waals surface area contributed by atoms with Crippen molar-refractivity contribution < 1.29 is 4.74 Å². The van der Waals surface area contributed by atoms with Gasteiger partial charge in [-0.25, -0.2) is 0 Å². The molecule has 3 N–H and O–H groups in total. The Kier molecular flexibility index (Phi) is 5.49. The molecule has 0 unspecified atom stereocenters. The summed E-state index contributed by atoms with van der Waals surface area (Å²) in [5.74, 6) is 0.923. The number of aliphatic imine (C=N–C) groups is 1. The summed E-state index contributed by atoms with van der Waals surface area (Å²) in [6.07, 6.45) is 0. The summed E-state index contributed by atoms with van der Waals surface area (Å²) in [5.41, 5.74) is 8.00. The molecule has 4 nitrogen and oxygen atoms in total. The van der Waals surface area contributed by atoms with E-state index < -0.39 is 0 Å². The van der Waals surface area contributed by atoms with Crippen LogP contribution in [-0.4, -0.2) is 26.2 Å². The lowest BCUT2D eigenvalue weighted by molar-refractivity contribution is 0.208. The second-order valence-corrected chi connectivity index (χ2v) is 4.16. The molecule has 0 atom stereocenters. The number of hydrogen-bond donors (Lipinski definition) is 2. The Hall–Kier alpha value is -1.55. The predicted octanol–water partition coefficient (Wildman–Crippen LogP) is 2.18. The average Bonchev–Trinajstić information content (AvgIpc) is 2.29.